The highest BCUT2D eigenvalue weighted by Crippen LogP contribution is 2.49. The summed E-state index contributed by atoms with van der Waals surface area (Å²) in [5, 5.41) is 12.6. The number of hydrogen-bond acceptors (Lipinski definition) is 4. The molecule has 2 N–H and O–H groups in total. The van der Waals surface area contributed by atoms with Gasteiger partial charge in [-0.3, -0.25) is 4.79 Å². The van der Waals surface area contributed by atoms with Gasteiger partial charge in [-0.1, -0.05) is 55.5 Å². The van der Waals surface area contributed by atoms with Crippen molar-refractivity contribution >= 4 is 18.0 Å². The molecule has 2 fully saturated rings. The largest absolute Gasteiger partial charge is 0.479 e. The molecule has 0 spiro atoms. The van der Waals surface area contributed by atoms with E-state index in [2.05, 4.69) is 29.6 Å². The smallest absolute Gasteiger partial charge is 0.407 e. The molecule has 0 radical (unpaired) electrons. The fourth-order valence-corrected chi connectivity index (χ4v) is 5.71. The molecule has 178 valence electrons. The second-order valence-electron chi connectivity index (χ2n) is 9.71. The Labute approximate surface area is 199 Å². The third kappa shape index (κ3) is 3.54. The lowest BCUT2D eigenvalue weighted by atomic mass is 9.91. The lowest BCUT2D eigenvalue weighted by molar-refractivity contribution is -0.159. The minimum atomic E-state index is -1.13. The van der Waals surface area contributed by atoms with Crippen LogP contribution in [0.25, 0.3) is 11.1 Å². The first-order valence-corrected chi connectivity index (χ1v) is 12.1. The number of nitrogens with zero attached hydrogens (tertiary/aromatic N) is 1. The first-order valence-electron chi connectivity index (χ1n) is 12.1. The van der Waals surface area contributed by atoms with Gasteiger partial charge in [0, 0.05) is 19.0 Å². The number of hydrogen-bond donors (Lipinski definition) is 2. The van der Waals surface area contributed by atoms with Crippen molar-refractivity contribution in [3.05, 3.63) is 59.7 Å². The molecule has 7 nitrogen and oxygen atoms in total. The number of rotatable bonds is 7. The van der Waals surface area contributed by atoms with E-state index in [1.165, 1.54) is 0 Å². The van der Waals surface area contributed by atoms with Gasteiger partial charge in [0.15, 0.2) is 0 Å². The Morgan fingerprint density at radius 1 is 1.03 bits per heavy atom. The quantitative estimate of drug-likeness (QED) is 0.644. The van der Waals surface area contributed by atoms with Crippen molar-refractivity contribution in [1.82, 2.24) is 10.2 Å². The standard InChI is InChI=1S/C27H30N2O5/c1-2-27(24(31)32)12-7-15-29(27)23(30)26(13-14-26)17-28-25(33)34-16-22-20-10-5-3-8-18(20)19-9-4-6-11-21(19)22/h3-6,8-11,22H,2,7,12-17H2,1H3,(H,28,33)(H,31,32). The van der Waals surface area contributed by atoms with Gasteiger partial charge in [0.2, 0.25) is 5.91 Å². The van der Waals surface area contributed by atoms with E-state index in [4.69, 9.17) is 4.74 Å². The van der Waals surface area contributed by atoms with Crippen molar-refractivity contribution < 1.29 is 24.2 Å². The summed E-state index contributed by atoms with van der Waals surface area (Å²) >= 11 is 0. The van der Waals surface area contributed by atoms with Gasteiger partial charge in [0.1, 0.15) is 12.1 Å². The van der Waals surface area contributed by atoms with Crippen molar-refractivity contribution in [3.8, 4) is 11.1 Å². The topological polar surface area (TPSA) is 95.9 Å². The molecule has 1 saturated carbocycles. The number of carbonyl (C=O) groups is 3. The third-order valence-electron chi connectivity index (χ3n) is 7.94. The lowest BCUT2D eigenvalue weighted by Crippen LogP contribution is -2.56. The molecule has 1 heterocycles. The predicted molar refractivity (Wildman–Crippen MR) is 126 cm³/mol. The van der Waals surface area contributed by atoms with Crippen molar-refractivity contribution in [1.29, 1.82) is 0 Å². The van der Waals surface area contributed by atoms with Crippen molar-refractivity contribution in [2.24, 2.45) is 5.41 Å². The summed E-state index contributed by atoms with van der Waals surface area (Å²) in [5.74, 6) is -1.13. The number of ether oxygens (including phenoxy) is 1. The fraction of sp³-hybridized carbons (Fsp3) is 0.444. The van der Waals surface area contributed by atoms with Crippen LogP contribution in [0.15, 0.2) is 48.5 Å². The summed E-state index contributed by atoms with van der Waals surface area (Å²) in [4.78, 5) is 39.4. The summed E-state index contributed by atoms with van der Waals surface area (Å²) in [7, 11) is 0. The zero-order valence-electron chi connectivity index (χ0n) is 19.4. The van der Waals surface area contributed by atoms with E-state index < -0.39 is 23.0 Å². The number of carboxylic acids is 1. The fourth-order valence-electron chi connectivity index (χ4n) is 5.71. The second-order valence-corrected chi connectivity index (χ2v) is 9.71. The Morgan fingerprint density at radius 2 is 1.65 bits per heavy atom. The second kappa shape index (κ2) is 8.46. The SMILES string of the molecule is CCC1(C(=O)O)CCCN1C(=O)C1(CNC(=O)OCC2c3ccccc3-c3ccccc32)CC1. The van der Waals surface area contributed by atoms with E-state index >= 15 is 0 Å². The molecular weight excluding hydrogens is 432 g/mol. The molecule has 1 unspecified atom stereocenters. The van der Waals surface area contributed by atoms with Gasteiger partial charge in [-0.15, -0.1) is 0 Å². The van der Waals surface area contributed by atoms with Crippen molar-refractivity contribution in [2.75, 3.05) is 19.7 Å². The molecule has 0 bridgehead atoms. The molecule has 1 aliphatic heterocycles. The molecule has 2 aromatic rings. The van der Waals surface area contributed by atoms with Gasteiger partial charge in [0.25, 0.3) is 0 Å². The molecule has 34 heavy (non-hydrogen) atoms. The van der Waals surface area contributed by atoms with Gasteiger partial charge in [-0.25, -0.2) is 9.59 Å². The number of carbonyl (C=O) groups excluding carboxylic acids is 2. The molecule has 1 atom stereocenters. The number of aliphatic carboxylic acids is 1. The van der Waals surface area contributed by atoms with Gasteiger partial charge in [-0.05, 0) is 54.4 Å². The number of nitrogens with one attached hydrogen (secondary N) is 1. The first-order chi connectivity index (χ1) is 16.4. The highest BCUT2D eigenvalue weighted by atomic mass is 16.5. The summed E-state index contributed by atoms with van der Waals surface area (Å²) < 4.78 is 5.60. The summed E-state index contributed by atoms with van der Waals surface area (Å²) in [6, 6.07) is 16.3. The minimum Gasteiger partial charge on any atom is -0.479 e. The molecule has 1 saturated heterocycles. The third-order valence-corrected chi connectivity index (χ3v) is 7.94. The molecule has 2 aliphatic carbocycles. The van der Waals surface area contributed by atoms with Crippen LogP contribution in [-0.2, 0) is 14.3 Å². The van der Waals surface area contributed by atoms with Gasteiger partial charge < -0.3 is 20.1 Å². The van der Waals surface area contributed by atoms with Crippen molar-refractivity contribution in [3.63, 3.8) is 0 Å². The van der Waals surface area contributed by atoms with Gasteiger partial charge in [0.05, 0.1) is 5.41 Å². The zero-order chi connectivity index (χ0) is 23.9. The summed E-state index contributed by atoms with van der Waals surface area (Å²) in [6.45, 7) is 2.64. The van der Waals surface area contributed by atoms with E-state index in [0.29, 0.717) is 38.6 Å². The molecule has 0 aromatic heterocycles. The Bertz CT molecular complexity index is 1100. The highest BCUT2D eigenvalue weighted by molar-refractivity contribution is 5.92. The zero-order valence-corrected chi connectivity index (χ0v) is 19.4. The maximum absolute atomic E-state index is 13.3. The Kier molecular flexibility index (Phi) is 5.58. The van der Waals surface area contributed by atoms with Crippen LogP contribution in [-0.4, -0.2) is 53.2 Å². The normalized spacial score (nSPS) is 22.1. The van der Waals surface area contributed by atoms with Gasteiger partial charge in [-0.2, -0.15) is 0 Å². The minimum absolute atomic E-state index is 0.0278. The maximum atomic E-state index is 13.3. The van der Waals surface area contributed by atoms with E-state index in [-0.39, 0.29) is 25.0 Å². The molecule has 7 heteroatoms. The predicted octanol–water partition coefficient (Wildman–Crippen LogP) is 4.16. The number of benzene rings is 2. The Morgan fingerprint density at radius 3 is 2.21 bits per heavy atom. The van der Waals surface area contributed by atoms with Crippen LogP contribution in [0.1, 0.15) is 56.1 Å². The van der Waals surface area contributed by atoms with Crippen LogP contribution >= 0.6 is 0 Å². The van der Waals surface area contributed by atoms with Crippen LogP contribution in [0.2, 0.25) is 0 Å². The molecule has 3 aliphatic rings. The molecule has 5 rings (SSSR count). The molecular formula is C27H30N2O5. The number of carboxylic acid groups (broad SMARTS) is 1. The first kappa shape index (κ1) is 22.4. The number of fused-ring (bicyclic) bond motifs is 3. The number of likely N-dealkylation sites (tertiary alicyclic amines) is 1. The number of alkyl carbamates (subject to hydrolysis) is 1. The Hall–Kier alpha value is -3.35. The van der Waals surface area contributed by atoms with E-state index in [1.54, 1.807) is 4.90 Å². The average molecular weight is 463 g/mol. The van der Waals surface area contributed by atoms with E-state index in [9.17, 15) is 19.5 Å². The van der Waals surface area contributed by atoms with Crippen molar-refractivity contribution in [2.45, 2.75) is 50.5 Å². The van der Waals surface area contributed by atoms with E-state index in [1.807, 2.05) is 31.2 Å². The van der Waals surface area contributed by atoms with Crippen LogP contribution in [0.3, 0.4) is 0 Å². The van der Waals surface area contributed by atoms with E-state index in [0.717, 1.165) is 22.3 Å². The van der Waals surface area contributed by atoms with Crippen LogP contribution < -0.4 is 5.32 Å². The van der Waals surface area contributed by atoms with Crippen LogP contribution in [0.5, 0.6) is 0 Å². The lowest BCUT2D eigenvalue weighted by Gasteiger charge is -2.36. The molecule has 2 amide bonds. The monoisotopic (exact) mass is 462 g/mol. The molecule has 2 aromatic carbocycles. The Balaban J connectivity index is 1.21. The highest BCUT2D eigenvalue weighted by Gasteiger charge is 2.58. The summed E-state index contributed by atoms with van der Waals surface area (Å²) in [6.07, 6.45) is 2.27. The average Bonchev–Trinajstić information content (AvgIpc) is 3.40. The maximum Gasteiger partial charge on any atom is 0.407 e. The van der Waals surface area contributed by atoms with Gasteiger partial charge >= 0.3 is 12.1 Å². The van der Waals surface area contributed by atoms with Crippen LogP contribution in [0, 0.1) is 5.41 Å². The van der Waals surface area contributed by atoms with Crippen LogP contribution in [0.4, 0.5) is 4.79 Å². The summed E-state index contributed by atoms with van der Waals surface area (Å²) in [5.41, 5.74) is 2.77. The number of amides is 2.